The summed E-state index contributed by atoms with van der Waals surface area (Å²) in [5.41, 5.74) is 4.71. The van der Waals surface area contributed by atoms with Gasteiger partial charge in [0, 0.05) is 25.1 Å². The summed E-state index contributed by atoms with van der Waals surface area (Å²) in [4.78, 5) is 28.0. The highest BCUT2D eigenvalue weighted by Gasteiger charge is 2.34. The second-order valence-electron chi connectivity index (χ2n) is 8.48. The van der Waals surface area contributed by atoms with E-state index in [-0.39, 0.29) is 23.3 Å². The molecule has 3 N–H and O–H groups in total. The number of aromatic hydroxyl groups is 2. The van der Waals surface area contributed by atoms with Crippen molar-refractivity contribution in [3.63, 3.8) is 0 Å². The molecule has 1 aliphatic rings. The van der Waals surface area contributed by atoms with Crippen LogP contribution < -0.4 is 5.32 Å². The van der Waals surface area contributed by atoms with Crippen LogP contribution in [0.4, 0.5) is 5.69 Å². The predicted molar refractivity (Wildman–Crippen MR) is 121 cm³/mol. The number of rotatable bonds is 6. The van der Waals surface area contributed by atoms with Gasteiger partial charge in [-0.05, 0) is 73.2 Å². The van der Waals surface area contributed by atoms with E-state index in [9.17, 15) is 19.8 Å². The molecule has 6 heteroatoms. The largest absolute Gasteiger partial charge is 0.508 e. The average Bonchev–Trinajstić information content (AvgIpc) is 2.75. The third-order valence-electron chi connectivity index (χ3n) is 6.25. The quantitative estimate of drug-likeness (QED) is 0.471. The first-order chi connectivity index (χ1) is 14.7. The monoisotopic (exact) mass is 424 g/mol. The molecular formula is C25H32N2O4. The summed E-state index contributed by atoms with van der Waals surface area (Å²) >= 11 is 0. The first-order valence-corrected chi connectivity index (χ1v) is 10.9. The zero-order valence-electron chi connectivity index (χ0n) is 18.8. The lowest BCUT2D eigenvalue weighted by atomic mass is 9.92. The highest BCUT2D eigenvalue weighted by molar-refractivity contribution is 5.98. The van der Waals surface area contributed by atoms with Gasteiger partial charge in [-0.15, -0.1) is 0 Å². The summed E-state index contributed by atoms with van der Waals surface area (Å²) in [6.45, 7) is 7.87. The zero-order valence-corrected chi connectivity index (χ0v) is 18.8. The van der Waals surface area contributed by atoms with Crippen LogP contribution in [-0.2, 0) is 22.6 Å². The molecule has 0 aliphatic carbocycles. The number of phenols is 2. The lowest BCUT2D eigenvalue weighted by molar-refractivity contribution is -0.140. The van der Waals surface area contributed by atoms with Crippen LogP contribution in [0.5, 0.6) is 11.5 Å². The van der Waals surface area contributed by atoms with Gasteiger partial charge in [-0.1, -0.05) is 25.8 Å². The SMILES string of the molecule is CCCCCC(=O)N1Cc2cc(O)ccc2CC1C(=O)Nc1cc(C)c(O)c(C)c1C. The second kappa shape index (κ2) is 9.41. The Morgan fingerprint density at radius 2 is 1.81 bits per heavy atom. The number of nitrogens with zero attached hydrogens (tertiary/aromatic N) is 1. The molecule has 0 spiro atoms. The Balaban J connectivity index is 1.89. The first kappa shape index (κ1) is 22.7. The van der Waals surface area contributed by atoms with Crippen molar-refractivity contribution in [2.75, 3.05) is 5.32 Å². The fourth-order valence-electron chi connectivity index (χ4n) is 4.15. The summed E-state index contributed by atoms with van der Waals surface area (Å²) < 4.78 is 0. The summed E-state index contributed by atoms with van der Waals surface area (Å²) in [5, 5.41) is 23.0. The summed E-state index contributed by atoms with van der Waals surface area (Å²) in [7, 11) is 0. The lowest BCUT2D eigenvalue weighted by Gasteiger charge is -2.36. The highest BCUT2D eigenvalue weighted by Crippen LogP contribution is 2.32. The molecular weight excluding hydrogens is 392 g/mol. The van der Waals surface area contributed by atoms with Gasteiger partial charge in [0.2, 0.25) is 11.8 Å². The molecule has 3 rings (SSSR count). The van der Waals surface area contributed by atoms with Crippen LogP contribution in [0.3, 0.4) is 0 Å². The number of phenolic OH excluding ortho intramolecular Hbond substituents is 2. The lowest BCUT2D eigenvalue weighted by Crippen LogP contribution is -2.50. The van der Waals surface area contributed by atoms with Crippen molar-refractivity contribution in [1.82, 2.24) is 4.90 Å². The van der Waals surface area contributed by atoms with Crippen molar-refractivity contribution < 1.29 is 19.8 Å². The maximum atomic E-state index is 13.3. The van der Waals surface area contributed by atoms with Gasteiger partial charge >= 0.3 is 0 Å². The number of fused-ring (bicyclic) bond motifs is 1. The molecule has 2 aromatic carbocycles. The Hall–Kier alpha value is -3.02. The van der Waals surface area contributed by atoms with Gasteiger partial charge in [0.25, 0.3) is 0 Å². The number of carbonyl (C=O) groups is 2. The van der Waals surface area contributed by atoms with E-state index < -0.39 is 6.04 Å². The zero-order chi connectivity index (χ0) is 22.7. The number of aryl methyl sites for hydroxylation is 1. The molecule has 0 saturated carbocycles. The fourth-order valence-corrected chi connectivity index (χ4v) is 4.15. The molecule has 0 aromatic heterocycles. The van der Waals surface area contributed by atoms with E-state index in [0.29, 0.717) is 30.6 Å². The molecule has 1 unspecified atom stereocenters. The van der Waals surface area contributed by atoms with E-state index >= 15 is 0 Å². The van der Waals surface area contributed by atoms with Crippen molar-refractivity contribution in [2.24, 2.45) is 0 Å². The van der Waals surface area contributed by atoms with Crippen LogP contribution in [0.25, 0.3) is 0 Å². The number of nitrogens with one attached hydrogen (secondary N) is 1. The smallest absolute Gasteiger partial charge is 0.247 e. The van der Waals surface area contributed by atoms with Gasteiger partial charge in [-0.25, -0.2) is 0 Å². The van der Waals surface area contributed by atoms with E-state index in [1.54, 1.807) is 30.0 Å². The second-order valence-corrected chi connectivity index (χ2v) is 8.48. The van der Waals surface area contributed by atoms with Crippen LogP contribution in [0.2, 0.25) is 0 Å². The minimum Gasteiger partial charge on any atom is -0.508 e. The van der Waals surface area contributed by atoms with Gasteiger partial charge in [0.15, 0.2) is 0 Å². The molecule has 0 fully saturated rings. The first-order valence-electron chi connectivity index (χ1n) is 10.9. The van der Waals surface area contributed by atoms with Crippen molar-refractivity contribution >= 4 is 17.5 Å². The Labute approximate surface area is 183 Å². The maximum absolute atomic E-state index is 13.3. The van der Waals surface area contributed by atoms with Crippen LogP contribution in [0, 0.1) is 20.8 Å². The van der Waals surface area contributed by atoms with E-state index in [1.165, 1.54) is 0 Å². The average molecular weight is 425 g/mol. The van der Waals surface area contributed by atoms with Crippen molar-refractivity contribution in [2.45, 2.75) is 72.4 Å². The molecule has 0 saturated heterocycles. The maximum Gasteiger partial charge on any atom is 0.247 e. The van der Waals surface area contributed by atoms with E-state index in [2.05, 4.69) is 12.2 Å². The van der Waals surface area contributed by atoms with E-state index in [1.807, 2.05) is 19.9 Å². The number of unbranched alkanes of at least 4 members (excludes halogenated alkanes) is 2. The Morgan fingerprint density at radius 3 is 2.52 bits per heavy atom. The topological polar surface area (TPSA) is 89.9 Å². The summed E-state index contributed by atoms with van der Waals surface area (Å²) in [6.07, 6.45) is 3.59. The van der Waals surface area contributed by atoms with Gasteiger partial charge in [0.1, 0.15) is 17.5 Å². The number of hydrogen-bond donors (Lipinski definition) is 3. The molecule has 6 nitrogen and oxygen atoms in total. The Morgan fingerprint density at radius 1 is 1.06 bits per heavy atom. The minimum absolute atomic E-state index is 0.0441. The Bertz CT molecular complexity index is 1000. The van der Waals surface area contributed by atoms with Crippen LogP contribution >= 0.6 is 0 Å². The van der Waals surface area contributed by atoms with E-state index in [0.717, 1.165) is 41.5 Å². The van der Waals surface area contributed by atoms with Crippen LogP contribution in [0.15, 0.2) is 24.3 Å². The molecule has 0 bridgehead atoms. The van der Waals surface area contributed by atoms with Crippen molar-refractivity contribution in [3.05, 3.63) is 52.1 Å². The third kappa shape index (κ3) is 4.84. The number of hydrogen-bond acceptors (Lipinski definition) is 4. The van der Waals surface area contributed by atoms with Crippen molar-refractivity contribution in [1.29, 1.82) is 0 Å². The Kier molecular flexibility index (Phi) is 6.88. The molecule has 2 amide bonds. The van der Waals surface area contributed by atoms with Gasteiger partial charge < -0.3 is 20.4 Å². The molecule has 166 valence electrons. The number of benzene rings is 2. The molecule has 2 aromatic rings. The highest BCUT2D eigenvalue weighted by atomic mass is 16.3. The molecule has 31 heavy (non-hydrogen) atoms. The van der Waals surface area contributed by atoms with Gasteiger partial charge in [-0.3, -0.25) is 9.59 Å². The third-order valence-corrected chi connectivity index (χ3v) is 6.25. The molecule has 1 heterocycles. The predicted octanol–water partition coefficient (Wildman–Crippen LogP) is 4.50. The summed E-state index contributed by atoms with van der Waals surface area (Å²) in [5.74, 6) is 0.105. The number of carbonyl (C=O) groups excluding carboxylic acids is 2. The van der Waals surface area contributed by atoms with Crippen LogP contribution in [0.1, 0.15) is 60.4 Å². The van der Waals surface area contributed by atoms with E-state index in [4.69, 9.17) is 0 Å². The fraction of sp³-hybridized carbons (Fsp3) is 0.440. The minimum atomic E-state index is -0.625. The number of anilines is 1. The molecule has 1 aliphatic heterocycles. The number of amides is 2. The molecule has 0 radical (unpaired) electrons. The van der Waals surface area contributed by atoms with Gasteiger partial charge in [-0.2, -0.15) is 0 Å². The summed E-state index contributed by atoms with van der Waals surface area (Å²) in [6, 6.07) is 6.25. The normalized spacial score (nSPS) is 15.5. The van der Waals surface area contributed by atoms with Crippen LogP contribution in [-0.4, -0.2) is 33.0 Å². The van der Waals surface area contributed by atoms with Crippen molar-refractivity contribution in [3.8, 4) is 11.5 Å². The molecule has 1 atom stereocenters. The standard InChI is InChI=1S/C25H32N2O4/c1-5-6-7-8-23(29)27-14-19-12-20(28)10-9-18(19)13-22(27)25(31)26-21-11-15(2)24(30)17(4)16(21)3/h9-12,22,28,30H,5-8,13-14H2,1-4H3,(H,26,31). The van der Waals surface area contributed by atoms with Gasteiger partial charge in [0.05, 0.1) is 0 Å².